The van der Waals surface area contributed by atoms with E-state index in [9.17, 15) is 0 Å². The van der Waals surface area contributed by atoms with Crippen LogP contribution in [-0.2, 0) is 6.54 Å². The molecule has 0 fully saturated rings. The van der Waals surface area contributed by atoms with Crippen LogP contribution in [0.25, 0.3) is 0 Å². The van der Waals surface area contributed by atoms with E-state index in [1.165, 1.54) is 0 Å². The van der Waals surface area contributed by atoms with Crippen LogP contribution in [0.5, 0.6) is 5.88 Å². The Balaban J connectivity index is 2.78. The highest BCUT2D eigenvalue weighted by Gasteiger charge is 2.12. The van der Waals surface area contributed by atoms with Gasteiger partial charge in [0.1, 0.15) is 5.02 Å². The zero-order valence-electron chi connectivity index (χ0n) is 9.33. The van der Waals surface area contributed by atoms with Gasteiger partial charge in [0.15, 0.2) is 0 Å². The fourth-order valence-corrected chi connectivity index (χ4v) is 1.21. The van der Waals surface area contributed by atoms with Gasteiger partial charge in [-0.05, 0) is 24.5 Å². The Bertz CT molecular complexity index is 328. The molecule has 0 saturated heterocycles. The van der Waals surface area contributed by atoms with Crippen LogP contribution in [0.1, 0.15) is 26.3 Å². The van der Waals surface area contributed by atoms with Crippen molar-refractivity contribution in [2.45, 2.75) is 33.4 Å². The lowest BCUT2D eigenvalue weighted by atomic mass is 10.1. The first-order chi connectivity index (χ1) is 7.04. The molecule has 1 unspecified atom stereocenters. The summed E-state index contributed by atoms with van der Waals surface area (Å²) in [5.41, 5.74) is 6.39. The molecule has 0 aromatic carbocycles. The van der Waals surface area contributed by atoms with E-state index < -0.39 is 0 Å². The minimum atomic E-state index is 0.0960. The van der Waals surface area contributed by atoms with Crippen molar-refractivity contribution in [2.24, 2.45) is 11.7 Å². The number of halogens is 1. The van der Waals surface area contributed by atoms with Gasteiger partial charge in [-0.15, -0.1) is 0 Å². The maximum atomic E-state index is 6.01. The molecule has 3 nitrogen and oxygen atoms in total. The van der Waals surface area contributed by atoms with Gasteiger partial charge in [0.2, 0.25) is 5.88 Å². The van der Waals surface area contributed by atoms with Gasteiger partial charge < -0.3 is 10.5 Å². The highest BCUT2D eigenvalue weighted by Crippen LogP contribution is 2.24. The van der Waals surface area contributed by atoms with E-state index in [1.807, 2.05) is 6.92 Å². The van der Waals surface area contributed by atoms with E-state index >= 15 is 0 Å². The third-order valence-corrected chi connectivity index (χ3v) is 2.61. The molecule has 0 aliphatic heterocycles. The van der Waals surface area contributed by atoms with E-state index in [-0.39, 0.29) is 6.10 Å². The van der Waals surface area contributed by atoms with Crippen LogP contribution >= 0.6 is 11.6 Å². The molecule has 1 heterocycles. The van der Waals surface area contributed by atoms with Gasteiger partial charge in [-0.2, -0.15) is 0 Å². The Labute approximate surface area is 95.6 Å². The maximum Gasteiger partial charge on any atom is 0.232 e. The number of pyridine rings is 1. The summed E-state index contributed by atoms with van der Waals surface area (Å²) in [6, 6.07) is 1.79. The van der Waals surface area contributed by atoms with Gasteiger partial charge in [0.25, 0.3) is 0 Å². The van der Waals surface area contributed by atoms with Crippen molar-refractivity contribution in [2.75, 3.05) is 0 Å². The second-order valence-corrected chi connectivity index (χ2v) is 4.31. The summed E-state index contributed by atoms with van der Waals surface area (Å²) < 4.78 is 5.62. The Hall–Kier alpha value is -0.800. The summed E-state index contributed by atoms with van der Waals surface area (Å²) in [4.78, 5) is 4.14. The average Bonchev–Trinajstić information content (AvgIpc) is 2.20. The molecule has 4 heteroatoms. The van der Waals surface area contributed by atoms with E-state index in [0.717, 1.165) is 5.56 Å². The Morgan fingerprint density at radius 3 is 2.60 bits per heavy atom. The molecule has 0 aliphatic carbocycles. The summed E-state index contributed by atoms with van der Waals surface area (Å²) in [5.74, 6) is 0.909. The van der Waals surface area contributed by atoms with E-state index in [2.05, 4.69) is 18.8 Å². The van der Waals surface area contributed by atoms with Crippen molar-refractivity contribution in [3.05, 3.63) is 22.8 Å². The first-order valence-electron chi connectivity index (χ1n) is 5.05. The fraction of sp³-hybridized carbons (Fsp3) is 0.545. The lowest BCUT2D eigenvalue weighted by Crippen LogP contribution is -2.19. The molecule has 15 heavy (non-hydrogen) atoms. The van der Waals surface area contributed by atoms with Crippen molar-refractivity contribution in [3.63, 3.8) is 0 Å². The summed E-state index contributed by atoms with van der Waals surface area (Å²) in [6.45, 7) is 6.62. The molecule has 1 atom stereocenters. The van der Waals surface area contributed by atoms with E-state index in [4.69, 9.17) is 22.1 Å². The van der Waals surface area contributed by atoms with Crippen molar-refractivity contribution in [3.8, 4) is 5.88 Å². The topological polar surface area (TPSA) is 48.1 Å². The van der Waals surface area contributed by atoms with Crippen LogP contribution in [0, 0.1) is 5.92 Å². The molecule has 1 rings (SSSR count). The predicted octanol–water partition coefficient (Wildman–Crippen LogP) is 2.62. The second-order valence-electron chi connectivity index (χ2n) is 3.90. The predicted molar refractivity (Wildman–Crippen MR) is 62.1 cm³/mol. The van der Waals surface area contributed by atoms with Gasteiger partial charge in [-0.1, -0.05) is 25.4 Å². The molecule has 84 valence electrons. The highest BCUT2D eigenvalue weighted by molar-refractivity contribution is 6.31. The molecule has 1 aromatic heterocycles. The first kappa shape index (κ1) is 12.3. The zero-order chi connectivity index (χ0) is 11.4. The largest absolute Gasteiger partial charge is 0.473 e. The number of nitrogens with two attached hydrogens (primary N) is 1. The van der Waals surface area contributed by atoms with Crippen LogP contribution in [0.15, 0.2) is 12.3 Å². The minimum Gasteiger partial charge on any atom is -0.473 e. The third kappa shape index (κ3) is 3.36. The molecule has 0 radical (unpaired) electrons. The summed E-state index contributed by atoms with van der Waals surface area (Å²) >= 11 is 6.01. The van der Waals surface area contributed by atoms with Crippen LogP contribution in [0.3, 0.4) is 0 Å². The first-order valence-corrected chi connectivity index (χ1v) is 5.43. The van der Waals surface area contributed by atoms with Crippen molar-refractivity contribution < 1.29 is 4.74 Å². The number of ether oxygens (including phenoxy) is 1. The quantitative estimate of drug-likeness (QED) is 0.862. The van der Waals surface area contributed by atoms with E-state index in [1.54, 1.807) is 12.3 Å². The highest BCUT2D eigenvalue weighted by atomic mass is 35.5. The monoisotopic (exact) mass is 228 g/mol. The summed E-state index contributed by atoms with van der Waals surface area (Å²) in [6.07, 6.45) is 1.78. The second kappa shape index (κ2) is 5.33. The molecule has 0 bridgehead atoms. The van der Waals surface area contributed by atoms with Gasteiger partial charge in [-0.25, -0.2) is 4.98 Å². The normalized spacial score (nSPS) is 12.9. The molecule has 1 aromatic rings. The molecule has 0 spiro atoms. The van der Waals surface area contributed by atoms with Crippen LogP contribution in [0.2, 0.25) is 5.02 Å². The molecule has 0 amide bonds. The van der Waals surface area contributed by atoms with Crippen LogP contribution in [-0.4, -0.2) is 11.1 Å². The molecular formula is C11H17ClN2O. The van der Waals surface area contributed by atoms with Crippen molar-refractivity contribution in [1.82, 2.24) is 4.98 Å². The number of nitrogens with zero attached hydrogens (tertiary/aromatic N) is 1. The van der Waals surface area contributed by atoms with Gasteiger partial charge in [0, 0.05) is 12.7 Å². The molecule has 0 aliphatic rings. The average molecular weight is 229 g/mol. The third-order valence-electron chi connectivity index (χ3n) is 2.34. The number of hydrogen-bond donors (Lipinski definition) is 1. The Morgan fingerprint density at radius 2 is 2.13 bits per heavy atom. The van der Waals surface area contributed by atoms with Gasteiger partial charge in [0.05, 0.1) is 6.10 Å². The minimum absolute atomic E-state index is 0.0960. The number of aromatic nitrogens is 1. The zero-order valence-corrected chi connectivity index (χ0v) is 10.1. The maximum absolute atomic E-state index is 6.01. The molecular weight excluding hydrogens is 212 g/mol. The van der Waals surface area contributed by atoms with E-state index in [0.29, 0.717) is 23.4 Å². The van der Waals surface area contributed by atoms with Crippen molar-refractivity contribution >= 4 is 11.6 Å². The molecule has 2 N–H and O–H groups in total. The van der Waals surface area contributed by atoms with Gasteiger partial charge in [-0.3, -0.25) is 0 Å². The Kier molecular flexibility index (Phi) is 4.36. The SMILES string of the molecule is CC(C)C(C)Oc1ncc(CN)cc1Cl. The van der Waals surface area contributed by atoms with Crippen LogP contribution in [0.4, 0.5) is 0 Å². The standard InChI is InChI=1S/C11H17ClN2O/c1-7(2)8(3)15-11-10(12)4-9(5-13)6-14-11/h4,6-8H,5,13H2,1-3H3. The lowest BCUT2D eigenvalue weighted by molar-refractivity contribution is 0.163. The van der Waals surface area contributed by atoms with Crippen molar-refractivity contribution in [1.29, 1.82) is 0 Å². The smallest absolute Gasteiger partial charge is 0.232 e. The van der Waals surface area contributed by atoms with Crippen LogP contribution < -0.4 is 10.5 Å². The molecule has 0 saturated carbocycles. The lowest BCUT2D eigenvalue weighted by Gasteiger charge is -2.18. The fourth-order valence-electron chi connectivity index (χ4n) is 0.975. The number of rotatable bonds is 4. The number of hydrogen-bond acceptors (Lipinski definition) is 3. The Morgan fingerprint density at radius 1 is 1.47 bits per heavy atom. The summed E-state index contributed by atoms with van der Waals surface area (Å²) in [7, 11) is 0. The van der Waals surface area contributed by atoms with Gasteiger partial charge >= 0.3 is 0 Å². The summed E-state index contributed by atoms with van der Waals surface area (Å²) in [5, 5.41) is 0.519.